The van der Waals surface area contributed by atoms with E-state index in [0.29, 0.717) is 0 Å². The van der Waals surface area contributed by atoms with Gasteiger partial charge in [-0.15, -0.1) is 11.3 Å². The predicted molar refractivity (Wildman–Crippen MR) is 122 cm³/mol. The normalized spacial score (nSPS) is 11.7. The number of benzene rings is 2. The first kappa shape index (κ1) is 22.2. The van der Waals surface area contributed by atoms with Crippen molar-refractivity contribution < 1.29 is 14.3 Å². The fraction of sp³-hybridized carbons (Fsp3) is 0.261. The Hall–Kier alpha value is -2.51. The summed E-state index contributed by atoms with van der Waals surface area (Å²) >= 11 is 4.92. The Bertz CT molecular complexity index is 1030. The van der Waals surface area contributed by atoms with E-state index in [1.54, 1.807) is 0 Å². The monoisotopic (exact) mass is 486 g/mol. The highest BCUT2D eigenvalue weighted by Gasteiger charge is 2.21. The van der Waals surface area contributed by atoms with Crippen LogP contribution in [-0.2, 0) is 20.7 Å². The number of aromatic nitrogens is 1. The number of carbonyl (C=O) groups is 2. The van der Waals surface area contributed by atoms with Gasteiger partial charge in [-0.25, -0.2) is 4.98 Å². The van der Waals surface area contributed by atoms with Crippen molar-refractivity contribution in [1.29, 1.82) is 0 Å². The number of amides is 1. The quantitative estimate of drug-likeness (QED) is 0.468. The summed E-state index contributed by atoms with van der Waals surface area (Å²) in [7, 11) is 1.34. The van der Waals surface area contributed by atoms with E-state index in [4.69, 9.17) is 4.74 Å². The molecule has 0 spiro atoms. The van der Waals surface area contributed by atoms with Gasteiger partial charge in [0.2, 0.25) is 5.91 Å². The van der Waals surface area contributed by atoms with E-state index in [1.165, 1.54) is 24.0 Å². The van der Waals surface area contributed by atoms with Crippen molar-refractivity contribution in [3.8, 4) is 11.3 Å². The van der Waals surface area contributed by atoms with Crippen LogP contribution in [0.2, 0.25) is 0 Å². The van der Waals surface area contributed by atoms with Crippen molar-refractivity contribution in [2.45, 2.75) is 32.7 Å². The number of hydrogen-bond acceptors (Lipinski definition) is 5. The molecular formula is C23H23BrN2O3S. The van der Waals surface area contributed by atoms with E-state index in [2.05, 4.69) is 26.2 Å². The zero-order valence-electron chi connectivity index (χ0n) is 17.1. The molecule has 0 aliphatic rings. The molecule has 30 heavy (non-hydrogen) atoms. The van der Waals surface area contributed by atoms with E-state index in [-0.39, 0.29) is 24.7 Å². The van der Waals surface area contributed by atoms with Crippen molar-refractivity contribution >= 4 is 39.1 Å². The van der Waals surface area contributed by atoms with Crippen LogP contribution >= 0.6 is 27.3 Å². The average molecular weight is 487 g/mol. The number of rotatable bonds is 7. The topological polar surface area (TPSA) is 68.3 Å². The van der Waals surface area contributed by atoms with Crippen LogP contribution in [0.5, 0.6) is 0 Å². The van der Waals surface area contributed by atoms with Gasteiger partial charge in [-0.2, -0.15) is 0 Å². The van der Waals surface area contributed by atoms with Gasteiger partial charge in [-0.3, -0.25) is 9.59 Å². The molecule has 156 valence electrons. The molecule has 0 aliphatic heterocycles. The summed E-state index contributed by atoms with van der Waals surface area (Å²) in [5, 5.41) is 3.90. The number of carbonyl (C=O) groups excluding carboxylic acids is 2. The lowest BCUT2D eigenvalue weighted by atomic mass is 10.0. The summed E-state index contributed by atoms with van der Waals surface area (Å²) < 4.78 is 5.74. The number of aryl methyl sites for hydroxylation is 2. The Kier molecular flexibility index (Phi) is 7.39. The summed E-state index contributed by atoms with van der Waals surface area (Å²) in [5.74, 6) is -0.541. The lowest BCUT2D eigenvalue weighted by molar-refractivity contribution is -0.141. The number of nitrogens with one attached hydrogen (secondary N) is 1. The molecule has 1 aromatic heterocycles. The Morgan fingerprint density at radius 1 is 1.10 bits per heavy atom. The lowest BCUT2D eigenvalue weighted by Crippen LogP contribution is -2.31. The average Bonchev–Trinajstić information content (AvgIpc) is 3.08. The molecular weight excluding hydrogens is 464 g/mol. The maximum Gasteiger partial charge on any atom is 0.307 e. The summed E-state index contributed by atoms with van der Waals surface area (Å²) in [4.78, 5) is 30.3. The molecule has 3 rings (SSSR count). The van der Waals surface area contributed by atoms with E-state index < -0.39 is 6.04 Å². The van der Waals surface area contributed by atoms with Gasteiger partial charge in [-0.1, -0.05) is 57.9 Å². The minimum Gasteiger partial charge on any atom is -0.469 e. The van der Waals surface area contributed by atoms with Crippen LogP contribution < -0.4 is 5.32 Å². The summed E-state index contributed by atoms with van der Waals surface area (Å²) in [6.07, 6.45) is 0.263. The molecule has 1 amide bonds. The SMILES string of the molecule is COC(=O)CC(NC(=O)Cc1sc(C)nc1-c1ccc(C)cc1)c1ccc(Br)cc1. The molecule has 2 aromatic carbocycles. The number of methoxy groups -OCH3 is 1. The first-order chi connectivity index (χ1) is 14.4. The first-order valence-electron chi connectivity index (χ1n) is 9.50. The molecule has 1 atom stereocenters. The fourth-order valence-corrected chi connectivity index (χ4v) is 4.34. The lowest BCUT2D eigenvalue weighted by Gasteiger charge is -2.18. The molecule has 0 aliphatic carbocycles. The van der Waals surface area contributed by atoms with Gasteiger partial charge in [0.15, 0.2) is 0 Å². The van der Waals surface area contributed by atoms with Crippen molar-refractivity contribution in [2.24, 2.45) is 0 Å². The number of hydrogen-bond donors (Lipinski definition) is 1. The van der Waals surface area contributed by atoms with Gasteiger partial charge in [-0.05, 0) is 31.5 Å². The summed E-state index contributed by atoms with van der Waals surface area (Å²) in [6, 6.07) is 15.2. The molecule has 1 unspecified atom stereocenters. The highest BCUT2D eigenvalue weighted by atomic mass is 79.9. The third-order valence-corrected chi connectivity index (χ3v) is 6.16. The second-order valence-corrected chi connectivity index (χ2v) is 9.20. The number of thiazole rings is 1. The molecule has 3 aromatic rings. The third-order valence-electron chi connectivity index (χ3n) is 4.66. The standard InChI is InChI=1S/C23H23BrN2O3S/c1-14-4-6-17(7-5-14)23-20(30-15(2)25-23)13-21(27)26-19(12-22(28)29-3)16-8-10-18(24)11-9-16/h4-11,19H,12-13H2,1-3H3,(H,26,27). The Balaban J connectivity index is 1.79. The Labute approximate surface area is 188 Å². The molecule has 0 radical (unpaired) electrons. The number of halogens is 1. The van der Waals surface area contributed by atoms with Gasteiger partial charge in [0.1, 0.15) is 0 Å². The van der Waals surface area contributed by atoms with E-state index >= 15 is 0 Å². The van der Waals surface area contributed by atoms with Crippen LogP contribution in [0.4, 0.5) is 0 Å². The smallest absolute Gasteiger partial charge is 0.307 e. The molecule has 0 bridgehead atoms. The van der Waals surface area contributed by atoms with Gasteiger partial charge in [0, 0.05) is 14.9 Å². The molecule has 0 fully saturated rings. The van der Waals surface area contributed by atoms with Crippen molar-refractivity contribution in [3.63, 3.8) is 0 Å². The highest BCUT2D eigenvalue weighted by Crippen LogP contribution is 2.29. The number of nitrogens with zero attached hydrogens (tertiary/aromatic N) is 1. The maximum atomic E-state index is 12.9. The Morgan fingerprint density at radius 3 is 2.40 bits per heavy atom. The van der Waals surface area contributed by atoms with Crippen molar-refractivity contribution in [2.75, 3.05) is 7.11 Å². The van der Waals surface area contributed by atoms with Crippen LogP contribution in [-0.4, -0.2) is 24.0 Å². The van der Waals surface area contributed by atoms with Crippen LogP contribution in [0.3, 0.4) is 0 Å². The van der Waals surface area contributed by atoms with Crippen LogP contribution in [0, 0.1) is 13.8 Å². The first-order valence-corrected chi connectivity index (χ1v) is 11.1. The highest BCUT2D eigenvalue weighted by molar-refractivity contribution is 9.10. The molecule has 1 N–H and O–H groups in total. The molecule has 0 saturated heterocycles. The maximum absolute atomic E-state index is 12.9. The number of esters is 1. The van der Waals surface area contributed by atoms with Crippen molar-refractivity contribution in [3.05, 3.63) is 74.0 Å². The van der Waals surface area contributed by atoms with Crippen LogP contribution in [0.15, 0.2) is 53.0 Å². The van der Waals surface area contributed by atoms with E-state index in [1.807, 2.05) is 62.4 Å². The largest absolute Gasteiger partial charge is 0.469 e. The van der Waals surface area contributed by atoms with Crippen molar-refractivity contribution in [1.82, 2.24) is 10.3 Å². The zero-order valence-corrected chi connectivity index (χ0v) is 19.5. The Morgan fingerprint density at radius 2 is 1.77 bits per heavy atom. The minimum absolute atomic E-state index is 0.0659. The zero-order chi connectivity index (χ0) is 21.7. The molecule has 5 nitrogen and oxygen atoms in total. The van der Waals surface area contributed by atoms with Crippen LogP contribution in [0.1, 0.15) is 33.5 Å². The van der Waals surface area contributed by atoms with Gasteiger partial charge >= 0.3 is 5.97 Å². The minimum atomic E-state index is -0.463. The van der Waals surface area contributed by atoms with E-state index in [0.717, 1.165) is 31.2 Å². The number of ether oxygens (including phenoxy) is 1. The summed E-state index contributed by atoms with van der Waals surface area (Å²) in [5.41, 5.74) is 3.84. The second kappa shape index (κ2) is 10.00. The van der Waals surface area contributed by atoms with Gasteiger partial charge < -0.3 is 10.1 Å². The van der Waals surface area contributed by atoms with Crippen LogP contribution in [0.25, 0.3) is 11.3 Å². The molecule has 0 saturated carbocycles. The fourth-order valence-electron chi connectivity index (χ4n) is 3.11. The molecule has 7 heteroatoms. The van der Waals surface area contributed by atoms with Gasteiger partial charge in [0.05, 0.1) is 36.7 Å². The third kappa shape index (κ3) is 5.77. The second-order valence-electron chi connectivity index (χ2n) is 7.00. The predicted octanol–water partition coefficient (Wildman–Crippen LogP) is 5.15. The van der Waals surface area contributed by atoms with E-state index in [9.17, 15) is 9.59 Å². The summed E-state index contributed by atoms with van der Waals surface area (Å²) in [6.45, 7) is 3.97. The molecule has 1 heterocycles. The van der Waals surface area contributed by atoms with Gasteiger partial charge in [0.25, 0.3) is 0 Å².